The van der Waals surface area contributed by atoms with Gasteiger partial charge in [0.05, 0.1) is 12.2 Å². The van der Waals surface area contributed by atoms with E-state index in [9.17, 15) is 0 Å². The van der Waals surface area contributed by atoms with E-state index >= 15 is 0 Å². The monoisotopic (exact) mass is 599 g/mol. The van der Waals surface area contributed by atoms with Crippen molar-refractivity contribution in [3.05, 3.63) is 0 Å². The van der Waals surface area contributed by atoms with Gasteiger partial charge in [-0.15, -0.1) is 0 Å². The van der Waals surface area contributed by atoms with Gasteiger partial charge in [0.2, 0.25) is 0 Å². The Morgan fingerprint density at radius 3 is 1.05 bits per heavy atom. The van der Waals surface area contributed by atoms with Crippen molar-refractivity contribution in [2.75, 3.05) is 78.6 Å². The largest absolute Gasteiger partial charge is 0.372 e. The molecule has 246 valence electrons. The Balaban J connectivity index is 0.0000000839. The maximum absolute atomic E-state index is 5.51. The highest BCUT2D eigenvalue weighted by Gasteiger charge is 2.48. The molecule has 12 rings (SSSR count). The van der Waals surface area contributed by atoms with Gasteiger partial charge in [-0.05, 0) is 157 Å². The lowest BCUT2D eigenvalue weighted by Crippen LogP contribution is -2.61. The Kier molecular flexibility index (Phi) is 9.53. The zero-order valence-electron chi connectivity index (χ0n) is 27.6. The minimum absolute atomic E-state index is 0.318. The van der Waals surface area contributed by atoms with E-state index in [0.29, 0.717) is 11.1 Å². The van der Waals surface area contributed by atoms with Crippen molar-refractivity contribution in [3.8, 4) is 0 Å². The van der Waals surface area contributed by atoms with Gasteiger partial charge in [-0.1, -0.05) is 6.42 Å². The van der Waals surface area contributed by atoms with E-state index in [1.54, 1.807) is 0 Å². The molecule has 0 aromatic rings. The predicted octanol–water partition coefficient (Wildman–Crippen LogP) is 4.08. The lowest BCUT2D eigenvalue weighted by Gasteiger charge is -2.50. The summed E-state index contributed by atoms with van der Waals surface area (Å²) < 4.78 is 5.51. The first kappa shape index (κ1) is 31.3. The Labute approximate surface area is 263 Å². The minimum atomic E-state index is 0.318. The molecule has 0 bridgehead atoms. The standard InChI is InChI=1S/C7H13N.C6H11NO.3C6H11N.C5H9N/c1-2-7(1)3-5-8-6-4-7;1-2-6(1)5-7-3-4-8-6;1-2-6(1)3-4-7-5-6;1-2-6(3-1)4-7-5-6;1-2-6(3-1)4-5-7-6;1-2-5(1)3-6-4-5/h8H,1-6H2;7H,1-5H2;3*7H,1-5H2;6H,1-4H2. The van der Waals surface area contributed by atoms with Gasteiger partial charge in [-0.2, -0.15) is 0 Å². The number of hydrogen-bond acceptors (Lipinski definition) is 7. The van der Waals surface area contributed by atoms with E-state index in [4.69, 9.17) is 4.74 Å². The number of piperidine rings is 1. The molecule has 7 heteroatoms. The van der Waals surface area contributed by atoms with Crippen LogP contribution in [-0.2, 0) is 4.74 Å². The van der Waals surface area contributed by atoms with E-state index in [2.05, 4.69) is 31.9 Å². The summed E-state index contributed by atoms with van der Waals surface area (Å²) in [6.45, 7) is 14.7. The first-order chi connectivity index (χ1) is 21.0. The normalized spacial score (nSPS) is 34.0. The van der Waals surface area contributed by atoms with Crippen LogP contribution in [0.2, 0.25) is 0 Å². The molecule has 0 atom stereocenters. The summed E-state index contributed by atoms with van der Waals surface area (Å²) in [5.74, 6) is 0. The van der Waals surface area contributed by atoms with Crippen LogP contribution in [0.15, 0.2) is 0 Å². The molecule has 12 aliphatic rings. The maximum Gasteiger partial charge on any atom is 0.0809 e. The van der Waals surface area contributed by atoms with Gasteiger partial charge >= 0.3 is 0 Å². The molecule has 6 aliphatic heterocycles. The van der Waals surface area contributed by atoms with Crippen molar-refractivity contribution in [3.63, 3.8) is 0 Å². The van der Waals surface area contributed by atoms with Gasteiger partial charge in [-0.3, -0.25) is 0 Å². The second-order valence-electron chi connectivity index (χ2n) is 17.3. The molecular weight excluding hydrogens is 532 g/mol. The highest BCUT2D eigenvalue weighted by atomic mass is 16.5. The Morgan fingerprint density at radius 1 is 0.349 bits per heavy atom. The first-order valence-corrected chi connectivity index (χ1v) is 18.9. The average molecular weight is 599 g/mol. The van der Waals surface area contributed by atoms with Gasteiger partial charge in [0, 0.05) is 51.4 Å². The molecule has 43 heavy (non-hydrogen) atoms. The number of ether oxygens (including phenoxy) is 1. The minimum Gasteiger partial charge on any atom is -0.372 e. The maximum atomic E-state index is 5.51. The van der Waals surface area contributed by atoms with E-state index in [-0.39, 0.29) is 0 Å². The second-order valence-corrected chi connectivity index (χ2v) is 17.3. The van der Waals surface area contributed by atoms with Crippen molar-refractivity contribution in [2.45, 2.75) is 127 Å². The van der Waals surface area contributed by atoms with Crippen molar-refractivity contribution < 1.29 is 4.74 Å². The molecule has 12 fully saturated rings. The van der Waals surface area contributed by atoms with Crippen molar-refractivity contribution in [1.29, 1.82) is 0 Å². The molecule has 0 aromatic heterocycles. The molecule has 6 saturated heterocycles. The fraction of sp³-hybridized carbons (Fsp3) is 1.00. The van der Waals surface area contributed by atoms with Crippen LogP contribution in [0.4, 0.5) is 0 Å². The molecule has 0 amide bonds. The Morgan fingerprint density at radius 2 is 0.860 bits per heavy atom. The van der Waals surface area contributed by atoms with Crippen LogP contribution in [-0.4, -0.2) is 89.7 Å². The summed E-state index contributed by atoms with van der Waals surface area (Å²) in [4.78, 5) is 0. The Bertz CT molecular complexity index is 780. The molecule has 6 N–H and O–H groups in total. The molecule has 6 aliphatic carbocycles. The SMILES string of the molecule is C1CC12CNC2.C1CC2(C1)CCN2.C1CC2(C1)CNC2.C1CC2(CC2)CN1.C1CC2(CCN1)CC2.C1COC2(CC2)CN1. The molecule has 6 spiro atoms. The van der Waals surface area contributed by atoms with Crippen LogP contribution in [0.5, 0.6) is 0 Å². The number of rotatable bonds is 0. The average Bonchev–Trinajstić information content (AvgIpc) is 3.71. The third kappa shape index (κ3) is 8.36. The lowest BCUT2D eigenvalue weighted by atomic mass is 9.65. The van der Waals surface area contributed by atoms with E-state index in [1.165, 1.54) is 174 Å². The van der Waals surface area contributed by atoms with E-state index in [1.807, 2.05) is 0 Å². The quantitative estimate of drug-likeness (QED) is 0.251. The molecule has 0 aromatic carbocycles. The van der Waals surface area contributed by atoms with Gasteiger partial charge in [0.25, 0.3) is 0 Å². The topological polar surface area (TPSA) is 81.4 Å². The molecule has 6 heterocycles. The van der Waals surface area contributed by atoms with Crippen LogP contribution < -0.4 is 31.9 Å². The third-order valence-electron chi connectivity index (χ3n) is 13.6. The highest BCUT2D eigenvalue weighted by molar-refractivity contribution is 5.04. The predicted molar refractivity (Wildman–Crippen MR) is 177 cm³/mol. The molecule has 7 nitrogen and oxygen atoms in total. The number of hydrogen-bond donors (Lipinski definition) is 6. The molecular formula is C36H66N6O. The molecule has 0 unspecified atom stereocenters. The van der Waals surface area contributed by atoms with Gasteiger partial charge in [0.15, 0.2) is 0 Å². The summed E-state index contributed by atoms with van der Waals surface area (Å²) in [6, 6.07) is 0. The second kappa shape index (κ2) is 13.1. The summed E-state index contributed by atoms with van der Waals surface area (Å²) in [5.41, 5.74) is 4.41. The van der Waals surface area contributed by atoms with Gasteiger partial charge < -0.3 is 36.6 Å². The summed E-state index contributed by atoms with van der Waals surface area (Å²) in [5, 5.41) is 20.1. The number of nitrogens with one attached hydrogen (secondary N) is 6. The first-order valence-electron chi connectivity index (χ1n) is 18.9. The van der Waals surface area contributed by atoms with Crippen molar-refractivity contribution in [2.24, 2.45) is 21.7 Å². The zero-order valence-corrected chi connectivity index (χ0v) is 27.6. The van der Waals surface area contributed by atoms with Crippen LogP contribution in [0.25, 0.3) is 0 Å². The van der Waals surface area contributed by atoms with Crippen LogP contribution in [0, 0.1) is 21.7 Å². The van der Waals surface area contributed by atoms with Crippen molar-refractivity contribution >= 4 is 0 Å². The fourth-order valence-electron chi connectivity index (χ4n) is 8.23. The molecule has 0 radical (unpaired) electrons. The van der Waals surface area contributed by atoms with Crippen LogP contribution in [0.3, 0.4) is 0 Å². The smallest absolute Gasteiger partial charge is 0.0809 e. The van der Waals surface area contributed by atoms with Crippen molar-refractivity contribution in [1.82, 2.24) is 31.9 Å². The zero-order chi connectivity index (χ0) is 29.2. The summed E-state index contributed by atoms with van der Waals surface area (Å²) in [6.07, 6.45) is 26.3. The summed E-state index contributed by atoms with van der Waals surface area (Å²) in [7, 11) is 0. The van der Waals surface area contributed by atoms with Crippen LogP contribution in [0.1, 0.15) is 116 Å². The Hall–Kier alpha value is -0.280. The van der Waals surface area contributed by atoms with Gasteiger partial charge in [0.1, 0.15) is 0 Å². The third-order valence-corrected chi connectivity index (χ3v) is 13.6. The molecule has 6 saturated carbocycles. The fourth-order valence-corrected chi connectivity index (χ4v) is 8.23. The van der Waals surface area contributed by atoms with Gasteiger partial charge in [-0.25, -0.2) is 0 Å². The summed E-state index contributed by atoms with van der Waals surface area (Å²) >= 11 is 0. The highest BCUT2D eigenvalue weighted by Crippen LogP contribution is 2.52. The lowest BCUT2D eigenvalue weighted by molar-refractivity contribution is 0.00884. The number of morpholine rings is 1. The van der Waals surface area contributed by atoms with E-state index in [0.717, 1.165) is 41.4 Å². The van der Waals surface area contributed by atoms with Crippen LogP contribution >= 0.6 is 0 Å². The van der Waals surface area contributed by atoms with E-state index < -0.39 is 0 Å².